The summed E-state index contributed by atoms with van der Waals surface area (Å²) in [4.78, 5) is 21.0. The van der Waals surface area contributed by atoms with Crippen molar-refractivity contribution < 1.29 is 9.53 Å². The lowest BCUT2D eigenvalue weighted by atomic mass is 10.2. The molecular formula is C19H25N3O2. The molecule has 24 heavy (non-hydrogen) atoms. The minimum Gasteiger partial charge on any atom is -0.449 e. The molecule has 2 aromatic rings. The quantitative estimate of drug-likeness (QED) is 0.865. The Kier molecular flexibility index (Phi) is 5.18. The molecular weight excluding hydrogens is 302 g/mol. The first kappa shape index (κ1) is 16.6. The lowest BCUT2D eigenvalue weighted by molar-refractivity contribution is 0.0943. The van der Waals surface area contributed by atoms with Gasteiger partial charge in [-0.15, -0.1) is 0 Å². The third-order valence-electron chi connectivity index (χ3n) is 4.20. The summed E-state index contributed by atoms with van der Waals surface area (Å²) in [6.07, 6.45) is 0.725. The van der Waals surface area contributed by atoms with Gasteiger partial charge in [0.15, 0.2) is 0 Å². The Labute approximate surface area is 143 Å². The number of carbonyl (C=O) groups is 1. The number of ether oxygens (including phenoxy) is 1. The Morgan fingerprint density at radius 1 is 1.12 bits per heavy atom. The highest BCUT2D eigenvalue weighted by molar-refractivity contribution is 5.80. The number of hydrogen-bond donors (Lipinski definition) is 0. The van der Waals surface area contributed by atoms with Crippen molar-refractivity contribution in [1.29, 1.82) is 0 Å². The topological polar surface area (TPSA) is 45.7 Å². The third-order valence-corrected chi connectivity index (χ3v) is 4.20. The standard InChI is InChI=1S/C19H25N3O2/c1-15(2)14-24-19(23)22-11-5-10-21(12-13-22)18-9-8-16-6-3-4-7-17(16)20-18/h3-4,6-9,15H,5,10-14H2,1-2H3. The number of anilines is 1. The van der Waals surface area contributed by atoms with E-state index < -0.39 is 0 Å². The van der Waals surface area contributed by atoms with Crippen LogP contribution in [-0.4, -0.2) is 48.8 Å². The van der Waals surface area contributed by atoms with Crippen molar-refractivity contribution in [2.45, 2.75) is 20.3 Å². The molecule has 1 aromatic carbocycles. The summed E-state index contributed by atoms with van der Waals surface area (Å²) in [6, 6.07) is 12.3. The molecule has 0 aliphatic carbocycles. The van der Waals surface area contributed by atoms with Crippen molar-refractivity contribution >= 4 is 22.8 Å². The minimum absolute atomic E-state index is 0.197. The van der Waals surface area contributed by atoms with Crippen molar-refractivity contribution in [3.05, 3.63) is 36.4 Å². The van der Waals surface area contributed by atoms with Crippen LogP contribution in [0.5, 0.6) is 0 Å². The second-order valence-corrected chi connectivity index (χ2v) is 6.66. The van der Waals surface area contributed by atoms with Gasteiger partial charge in [-0.3, -0.25) is 0 Å². The smallest absolute Gasteiger partial charge is 0.409 e. The van der Waals surface area contributed by atoms with E-state index in [0.29, 0.717) is 19.1 Å². The molecule has 0 bridgehead atoms. The number of hydrogen-bond acceptors (Lipinski definition) is 4. The number of benzene rings is 1. The maximum Gasteiger partial charge on any atom is 0.409 e. The van der Waals surface area contributed by atoms with Crippen LogP contribution in [0.1, 0.15) is 20.3 Å². The summed E-state index contributed by atoms with van der Waals surface area (Å²) in [5.41, 5.74) is 1.01. The van der Waals surface area contributed by atoms with Crippen LogP contribution in [0, 0.1) is 5.92 Å². The highest BCUT2D eigenvalue weighted by Gasteiger charge is 2.21. The first-order valence-corrected chi connectivity index (χ1v) is 8.66. The van der Waals surface area contributed by atoms with Gasteiger partial charge in [0.2, 0.25) is 0 Å². The molecule has 1 aromatic heterocycles. The maximum absolute atomic E-state index is 12.1. The molecule has 1 aliphatic heterocycles. The highest BCUT2D eigenvalue weighted by atomic mass is 16.6. The van der Waals surface area contributed by atoms with Gasteiger partial charge in [0.25, 0.3) is 0 Å². The van der Waals surface area contributed by atoms with E-state index in [4.69, 9.17) is 9.72 Å². The average molecular weight is 327 g/mol. The van der Waals surface area contributed by atoms with Gasteiger partial charge in [-0.2, -0.15) is 0 Å². The van der Waals surface area contributed by atoms with Crippen LogP contribution >= 0.6 is 0 Å². The van der Waals surface area contributed by atoms with Crippen molar-refractivity contribution in [3.8, 4) is 0 Å². The lowest BCUT2D eigenvalue weighted by Crippen LogP contribution is -2.36. The van der Waals surface area contributed by atoms with Crippen molar-refractivity contribution in [1.82, 2.24) is 9.88 Å². The molecule has 5 nitrogen and oxygen atoms in total. The number of amides is 1. The fourth-order valence-corrected chi connectivity index (χ4v) is 2.89. The van der Waals surface area contributed by atoms with E-state index in [9.17, 15) is 4.79 Å². The summed E-state index contributed by atoms with van der Waals surface area (Å²) >= 11 is 0. The molecule has 0 atom stereocenters. The Hall–Kier alpha value is -2.30. The zero-order valence-electron chi connectivity index (χ0n) is 14.4. The summed E-state index contributed by atoms with van der Waals surface area (Å²) in [6.45, 7) is 7.66. The van der Waals surface area contributed by atoms with E-state index in [1.807, 2.05) is 36.9 Å². The predicted octanol–water partition coefficient (Wildman–Crippen LogP) is 3.54. The SMILES string of the molecule is CC(C)COC(=O)N1CCCN(c2ccc3ccccc3n2)CC1. The zero-order chi connectivity index (χ0) is 16.9. The first-order chi connectivity index (χ1) is 11.6. The molecule has 0 saturated carbocycles. The van der Waals surface area contributed by atoms with E-state index in [0.717, 1.165) is 42.8 Å². The number of carbonyl (C=O) groups excluding carboxylic acids is 1. The van der Waals surface area contributed by atoms with Crippen LogP contribution in [0.2, 0.25) is 0 Å². The van der Waals surface area contributed by atoms with Crippen molar-refractivity contribution in [3.63, 3.8) is 0 Å². The van der Waals surface area contributed by atoms with Crippen LogP contribution in [0.4, 0.5) is 10.6 Å². The summed E-state index contributed by atoms with van der Waals surface area (Å²) in [5, 5.41) is 1.15. The monoisotopic (exact) mass is 327 g/mol. The van der Waals surface area contributed by atoms with E-state index in [-0.39, 0.29) is 6.09 Å². The van der Waals surface area contributed by atoms with Gasteiger partial charge in [0, 0.05) is 31.6 Å². The molecule has 1 fully saturated rings. The molecule has 1 aliphatic rings. The summed E-state index contributed by atoms with van der Waals surface area (Å²) in [5.74, 6) is 1.34. The average Bonchev–Trinajstić information content (AvgIpc) is 2.85. The molecule has 0 radical (unpaired) electrons. The normalized spacial score (nSPS) is 15.6. The number of para-hydroxylation sites is 1. The number of pyridine rings is 1. The number of aromatic nitrogens is 1. The van der Waals surface area contributed by atoms with Crippen molar-refractivity contribution in [2.75, 3.05) is 37.7 Å². The Balaban J connectivity index is 1.65. The van der Waals surface area contributed by atoms with Crippen LogP contribution in [0.3, 0.4) is 0 Å². The van der Waals surface area contributed by atoms with Gasteiger partial charge in [-0.05, 0) is 30.5 Å². The fourth-order valence-electron chi connectivity index (χ4n) is 2.89. The first-order valence-electron chi connectivity index (χ1n) is 8.66. The molecule has 0 unspecified atom stereocenters. The molecule has 1 saturated heterocycles. The van der Waals surface area contributed by atoms with Gasteiger partial charge in [-0.25, -0.2) is 9.78 Å². The number of rotatable bonds is 3. The van der Waals surface area contributed by atoms with Crippen LogP contribution in [-0.2, 0) is 4.74 Å². The Morgan fingerprint density at radius 2 is 1.96 bits per heavy atom. The predicted molar refractivity (Wildman–Crippen MR) is 96.3 cm³/mol. The van der Waals surface area contributed by atoms with Gasteiger partial charge >= 0.3 is 6.09 Å². The van der Waals surface area contributed by atoms with Crippen LogP contribution in [0.15, 0.2) is 36.4 Å². The van der Waals surface area contributed by atoms with Crippen LogP contribution in [0.25, 0.3) is 10.9 Å². The van der Waals surface area contributed by atoms with E-state index >= 15 is 0 Å². The van der Waals surface area contributed by atoms with E-state index in [2.05, 4.69) is 23.1 Å². The second kappa shape index (κ2) is 7.51. The Morgan fingerprint density at radius 3 is 2.79 bits per heavy atom. The maximum atomic E-state index is 12.1. The number of fused-ring (bicyclic) bond motifs is 1. The molecule has 0 N–H and O–H groups in total. The van der Waals surface area contributed by atoms with Crippen molar-refractivity contribution in [2.24, 2.45) is 5.92 Å². The van der Waals surface area contributed by atoms with Gasteiger partial charge in [0.1, 0.15) is 5.82 Å². The molecule has 3 rings (SSSR count). The Bertz CT molecular complexity index is 702. The highest BCUT2D eigenvalue weighted by Crippen LogP contribution is 2.19. The van der Waals surface area contributed by atoms with E-state index in [1.165, 1.54) is 0 Å². The summed E-state index contributed by atoms with van der Waals surface area (Å²) < 4.78 is 5.35. The number of nitrogens with zero attached hydrogens (tertiary/aromatic N) is 3. The fraction of sp³-hybridized carbons (Fsp3) is 0.474. The molecule has 128 valence electrons. The zero-order valence-corrected chi connectivity index (χ0v) is 14.4. The molecule has 1 amide bonds. The van der Waals surface area contributed by atoms with E-state index in [1.54, 1.807) is 0 Å². The largest absolute Gasteiger partial charge is 0.449 e. The lowest BCUT2D eigenvalue weighted by Gasteiger charge is -2.23. The van der Waals surface area contributed by atoms with Gasteiger partial charge in [0.05, 0.1) is 12.1 Å². The molecule has 2 heterocycles. The van der Waals surface area contributed by atoms with Crippen LogP contribution < -0.4 is 4.90 Å². The minimum atomic E-state index is -0.197. The third kappa shape index (κ3) is 3.96. The summed E-state index contributed by atoms with van der Waals surface area (Å²) in [7, 11) is 0. The molecule has 5 heteroatoms. The molecule has 0 spiro atoms. The second-order valence-electron chi connectivity index (χ2n) is 6.66. The van der Waals surface area contributed by atoms with Gasteiger partial charge in [-0.1, -0.05) is 32.0 Å². The van der Waals surface area contributed by atoms with Gasteiger partial charge < -0.3 is 14.5 Å².